The van der Waals surface area contributed by atoms with E-state index >= 15 is 0 Å². The molecule has 0 bridgehead atoms. The zero-order chi connectivity index (χ0) is 29.1. The van der Waals surface area contributed by atoms with Crippen molar-refractivity contribution in [3.63, 3.8) is 0 Å². The maximum Gasteiger partial charge on any atom is 0.247 e. The Hall–Kier alpha value is -4.35. The van der Waals surface area contributed by atoms with E-state index in [1.807, 2.05) is 6.07 Å². The molecular formula is C30H32N2O9. The first-order valence-electron chi connectivity index (χ1n) is 13.3. The molecule has 4 unspecified atom stereocenters. The number of ether oxygens (including phenoxy) is 4. The molecule has 2 amide bonds. The highest BCUT2D eigenvalue weighted by Gasteiger charge is 2.51. The molecule has 216 valence electrons. The van der Waals surface area contributed by atoms with Crippen LogP contribution in [0.25, 0.3) is 0 Å². The summed E-state index contributed by atoms with van der Waals surface area (Å²) in [7, 11) is 1.44. The van der Waals surface area contributed by atoms with Crippen LogP contribution in [0, 0.1) is 0 Å². The summed E-state index contributed by atoms with van der Waals surface area (Å²) in [5, 5.41) is 23.7. The number of allylic oxidation sites excluding steroid dienone is 1. The number of nitrogens with zero attached hydrogens (tertiary/aromatic N) is 1. The minimum atomic E-state index is -1.24. The Bertz CT molecular complexity index is 1390. The van der Waals surface area contributed by atoms with Gasteiger partial charge in [-0.1, -0.05) is 12.1 Å². The monoisotopic (exact) mass is 564 g/mol. The molecule has 4 atom stereocenters. The largest absolute Gasteiger partial charge is 0.493 e. The van der Waals surface area contributed by atoms with Crippen LogP contribution in [0.5, 0.6) is 23.0 Å². The van der Waals surface area contributed by atoms with Crippen molar-refractivity contribution in [2.24, 2.45) is 0 Å². The van der Waals surface area contributed by atoms with Gasteiger partial charge in [0.05, 0.1) is 25.7 Å². The Labute approximate surface area is 236 Å². The van der Waals surface area contributed by atoms with Gasteiger partial charge in [-0.05, 0) is 42.3 Å². The van der Waals surface area contributed by atoms with Crippen LogP contribution < -0.4 is 24.3 Å². The van der Waals surface area contributed by atoms with Gasteiger partial charge in [0, 0.05) is 36.2 Å². The second-order valence-electron chi connectivity index (χ2n) is 9.94. The summed E-state index contributed by atoms with van der Waals surface area (Å²) >= 11 is 0. The molecule has 2 aromatic rings. The number of hydrogen-bond donors (Lipinski definition) is 3. The number of aliphatic hydroxyl groups excluding tert-OH is 2. The second kappa shape index (κ2) is 12.0. The molecule has 2 aliphatic heterocycles. The zero-order valence-corrected chi connectivity index (χ0v) is 22.6. The highest BCUT2D eigenvalue weighted by Crippen LogP contribution is 2.51. The lowest BCUT2D eigenvalue weighted by Gasteiger charge is -2.40. The normalized spacial score (nSPS) is 21.6. The van der Waals surface area contributed by atoms with Gasteiger partial charge in [-0.25, -0.2) is 0 Å². The van der Waals surface area contributed by atoms with Crippen molar-refractivity contribution in [2.75, 3.05) is 27.1 Å². The fraction of sp³-hybridized carbons (Fsp3) is 0.367. The molecule has 1 aliphatic carbocycles. The highest BCUT2D eigenvalue weighted by molar-refractivity contribution is 5.96. The number of fused-ring (bicyclic) bond motifs is 4. The third-order valence-corrected chi connectivity index (χ3v) is 7.44. The number of rotatable bonds is 11. The number of benzene rings is 2. The summed E-state index contributed by atoms with van der Waals surface area (Å²) in [6.07, 6.45) is 2.25. The lowest BCUT2D eigenvalue weighted by molar-refractivity contribution is -0.138. The molecule has 0 fully saturated rings. The van der Waals surface area contributed by atoms with Crippen LogP contribution in [0.3, 0.4) is 0 Å². The average Bonchev–Trinajstić information content (AvgIpc) is 3.62. The molecular weight excluding hydrogens is 532 g/mol. The van der Waals surface area contributed by atoms with Gasteiger partial charge in [0.1, 0.15) is 18.5 Å². The second-order valence-corrected chi connectivity index (χ2v) is 9.94. The fourth-order valence-corrected chi connectivity index (χ4v) is 5.52. The van der Waals surface area contributed by atoms with Crippen LogP contribution in [0.1, 0.15) is 40.2 Å². The fourth-order valence-electron chi connectivity index (χ4n) is 5.52. The number of aliphatic hydroxyl groups is 2. The Morgan fingerprint density at radius 3 is 2.76 bits per heavy atom. The van der Waals surface area contributed by atoms with Gasteiger partial charge >= 0.3 is 0 Å². The van der Waals surface area contributed by atoms with Crippen molar-refractivity contribution in [3.8, 4) is 23.0 Å². The first-order chi connectivity index (χ1) is 19.9. The molecule has 0 saturated carbocycles. The van der Waals surface area contributed by atoms with Crippen LogP contribution in [0.4, 0.5) is 0 Å². The van der Waals surface area contributed by atoms with Crippen molar-refractivity contribution >= 4 is 18.1 Å². The number of carbonyl (C=O) groups is 3. The first kappa shape index (κ1) is 28.2. The maximum absolute atomic E-state index is 13.6. The van der Waals surface area contributed by atoms with Crippen LogP contribution in [-0.2, 0) is 16.1 Å². The van der Waals surface area contributed by atoms with Gasteiger partial charge in [-0.3, -0.25) is 14.4 Å². The Morgan fingerprint density at radius 2 is 2.02 bits per heavy atom. The SMILES string of the molecule is C=CCCC(=O)N(Cc1ccc2c(c1)OCO2)C1C=C(C(=O)NCCO)C2c3cc(C=O)cc(OC)c3OC2C1O. The molecule has 41 heavy (non-hydrogen) atoms. The Morgan fingerprint density at radius 1 is 1.22 bits per heavy atom. The molecule has 3 aliphatic rings. The molecule has 11 heteroatoms. The third-order valence-electron chi connectivity index (χ3n) is 7.44. The van der Waals surface area contributed by atoms with E-state index in [2.05, 4.69) is 11.9 Å². The highest BCUT2D eigenvalue weighted by atomic mass is 16.7. The number of hydrogen-bond acceptors (Lipinski definition) is 9. The van der Waals surface area contributed by atoms with Crippen molar-refractivity contribution in [1.29, 1.82) is 0 Å². The minimum absolute atomic E-state index is 0.00533. The molecule has 0 saturated heterocycles. The van der Waals surface area contributed by atoms with E-state index in [0.29, 0.717) is 41.1 Å². The van der Waals surface area contributed by atoms with Crippen LogP contribution in [0.2, 0.25) is 0 Å². The Balaban J connectivity index is 1.58. The van der Waals surface area contributed by atoms with E-state index < -0.39 is 30.1 Å². The van der Waals surface area contributed by atoms with Gasteiger partial charge in [-0.2, -0.15) is 0 Å². The van der Waals surface area contributed by atoms with E-state index in [4.69, 9.17) is 18.9 Å². The summed E-state index contributed by atoms with van der Waals surface area (Å²) < 4.78 is 22.6. The average molecular weight is 565 g/mol. The van der Waals surface area contributed by atoms with Crippen molar-refractivity contribution in [3.05, 3.63) is 71.3 Å². The number of carbonyl (C=O) groups excluding carboxylic acids is 3. The Kier molecular flexibility index (Phi) is 8.27. The molecule has 3 N–H and O–H groups in total. The molecule has 11 nitrogen and oxygen atoms in total. The number of methoxy groups -OCH3 is 1. The van der Waals surface area contributed by atoms with Crippen molar-refractivity contribution in [1.82, 2.24) is 10.2 Å². The standard InChI is InChI=1S/C30H32N2O9/c1-3-4-5-25(35)32(14-17-6-7-22-23(11-17)40-16-39-22)21-13-20(30(37)31-8-9-33)26-19-10-18(15-34)12-24(38-2)28(19)41-29(26)27(21)36/h3,6-7,10-13,15,21,26-27,29,33,36H,1,4-5,8-9,14,16H2,2H3,(H,31,37). The summed E-state index contributed by atoms with van der Waals surface area (Å²) in [4.78, 5) is 40.2. The molecule has 2 heterocycles. The molecule has 0 spiro atoms. The molecule has 5 rings (SSSR count). The topological polar surface area (TPSA) is 144 Å². The molecule has 0 aromatic heterocycles. The number of aldehydes is 1. The summed E-state index contributed by atoms with van der Waals surface area (Å²) in [5.41, 5.74) is 1.82. The maximum atomic E-state index is 13.6. The van der Waals surface area contributed by atoms with Crippen molar-refractivity contribution < 1.29 is 43.5 Å². The van der Waals surface area contributed by atoms with E-state index in [1.54, 1.807) is 30.4 Å². The smallest absolute Gasteiger partial charge is 0.247 e. The van der Waals surface area contributed by atoms with Gasteiger partial charge in [0.15, 0.2) is 23.0 Å². The summed E-state index contributed by atoms with van der Waals surface area (Å²) in [5.74, 6) is 0.262. The van der Waals surface area contributed by atoms with Crippen LogP contribution >= 0.6 is 0 Å². The minimum Gasteiger partial charge on any atom is -0.493 e. The van der Waals surface area contributed by atoms with Crippen LogP contribution in [-0.4, -0.2) is 78.5 Å². The van der Waals surface area contributed by atoms with E-state index in [9.17, 15) is 24.6 Å². The predicted molar refractivity (Wildman–Crippen MR) is 146 cm³/mol. The zero-order valence-electron chi connectivity index (χ0n) is 22.6. The van der Waals surface area contributed by atoms with Crippen molar-refractivity contribution in [2.45, 2.75) is 43.6 Å². The number of amides is 2. The van der Waals surface area contributed by atoms with E-state index in [1.165, 1.54) is 18.1 Å². The van der Waals surface area contributed by atoms with Gasteiger partial charge in [-0.15, -0.1) is 6.58 Å². The predicted octanol–water partition coefficient (Wildman–Crippen LogP) is 1.85. The van der Waals surface area contributed by atoms with Gasteiger partial charge in [0.2, 0.25) is 18.6 Å². The van der Waals surface area contributed by atoms with E-state index in [0.717, 1.165) is 5.56 Å². The molecule has 0 radical (unpaired) electrons. The lowest BCUT2D eigenvalue weighted by Crippen LogP contribution is -2.55. The number of nitrogens with one attached hydrogen (secondary N) is 1. The summed E-state index contributed by atoms with van der Waals surface area (Å²) in [6, 6.07) is 7.53. The summed E-state index contributed by atoms with van der Waals surface area (Å²) in [6.45, 7) is 3.66. The quantitative estimate of drug-likeness (QED) is 0.275. The lowest BCUT2D eigenvalue weighted by atomic mass is 9.77. The van der Waals surface area contributed by atoms with Gasteiger partial charge < -0.3 is 39.4 Å². The van der Waals surface area contributed by atoms with E-state index in [-0.39, 0.29) is 50.1 Å². The third kappa shape index (κ3) is 5.38. The van der Waals surface area contributed by atoms with Gasteiger partial charge in [0.25, 0.3) is 0 Å². The first-order valence-corrected chi connectivity index (χ1v) is 13.3. The molecule has 2 aromatic carbocycles. The van der Waals surface area contributed by atoms with Crippen LogP contribution in [0.15, 0.2) is 54.6 Å².